The third-order valence-corrected chi connectivity index (χ3v) is 8.57. The van der Waals surface area contributed by atoms with Crippen LogP contribution < -0.4 is 0 Å². The van der Waals surface area contributed by atoms with Crippen molar-refractivity contribution in [3.8, 4) is 5.75 Å². The molecule has 2 nitrogen and oxygen atoms in total. The summed E-state index contributed by atoms with van der Waals surface area (Å²) in [7, 11) is -1.71. The third kappa shape index (κ3) is 3.83. The first-order valence-electron chi connectivity index (χ1n) is 5.75. The number of hydrogen-bond donors (Lipinski definition) is 1. The summed E-state index contributed by atoms with van der Waals surface area (Å²) in [6.45, 7) is 11.7. The van der Waals surface area contributed by atoms with E-state index in [1.165, 1.54) is 0 Å². The lowest BCUT2D eigenvalue weighted by Crippen LogP contribution is -2.40. The molecule has 1 aromatic rings. The van der Waals surface area contributed by atoms with Crippen LogP contribution in [0.1, 0.15) is 26.3 Å². The molecule has 1 rings (SSSR count). The summed E-state index contributed by atoms with van der Waals surface area (Å²) in [5.41, 5.74) is 1.01. The van der Waals surface area contributed by atoms with Crippen molar-refractivity contribution in [2.75, 3.05) is 0 Å². The average molecular weight is 317 g/mol. The zero-order valence-corrected chi connectivity index (χ0v) is 13.8. The van der Waals surface area contributed by atoms with Crippen LogP contribution in [0.25, 0.3) is 0 Å². The van der Waals surface area contributed by atoms with Gasteiger partial charge in [-0.25, -0.2) is 0 Å². The van der Waals surface area contributed by atoms with Gasteiger partial charge in [-0.1, -0.05) is 26.8 Å². The molecule has 0 saturated heterocycles. The Bertz CT molecular complexity index is 397. The molecule has 0 aromatic heterocycles. The molecule has 0 aliphatic carbocycles. The van der Waals surface area contributed by atoms with Crippen LogP contribution in [0.3, 0.4) is 0 Å². The Morgan fingerprint density at radius 3 is 2.35 bits per heavy atom. The number of hydrogen-bond acceptors (Lipinski definition) is 2. The van der Waals surface area contributed by atoms with Crippen molar-refractivity contribution < 1.29 is 9.53 Å². The van der Waals surface area contributed by atoms with E-state index in [4.69, 9.17) is 4.43 Å². The molecule has 1 N–H and O–H groups in total. The molecule has 0 heterocycles. The van der Waals surface area contributed by atoms with Gasteiger partial charge in [-0.2, -0.15) is 0 Å². The Kier molecular flexibility index (Phi) is 4.44. The number of benzene rings is 1. The first-order chi connectivity index (χ1) is 7.63. The molecule has 0 aliphatic rings. The van der Waals surface area contributed by atoms with E-state index in [0.29, 0.717) is 11.1 Å². The minimum absolute atomic E-state index is 0.213. The highest BCUT2D eigenvalue weighted by Crippen LogP contribution is 2.37. The van der Waals surface area contributed by atoms with Crippen LogP contribution in [0.5, 0.6) is 5.75 Å². The normalized spacial score (nSPS) is 12.8. The Balaban J connectivity index is 2.71. The number of aromatic hydroxyl groups is 1. The SMILES string of the molecule is CC(C)(C)[Si](C)(C)OCc1ccc(Br)c(O)c1. The van der Waals surface area contributed by atoms with Gasteiger partial charge in [-0.15, -0.1) is 0 Å². The molecule has 96 valence electrons. The van der Waals surface area contributed by atoms with Crippen molar-refractivity contribution in [1.29, 1.82) is 0 Å². The van der Waals surface area contributed by atoms with E-state index in [9.17, 15) is 5.11 Å². The lowest BCUT2D eigenvalue weighted by atomic mass is 10.2. The lowest BCUT2D eigenvalue weighted by Gasteiger charge is -2.36. The second kappa shape index (κ2) is 5.12. The summed E-state index contributed by atoms with van der Waals surface area (Å²) in [6, 6.07) is 5.56. The summed E-state index contributed by atoms with van der Waals surface area (Å²) < 4.78 is 6.80. The first-order valence-corrected chi connectivity index (χ1v) is 9.45. The second-order valence-electron chi connectivity index (χ2n) is 5.83. The summed E-state index contributed by atoms with van der Waals surface area (Å²) >= 11 is 3.27. The molecule has 0 aliphatic heterocycles. The molecule has 4 heteroatoms. The van der Waals surface area contributed by atoms with Gasteiger partial charge in [-0.05, 0) is 51.8 Å². The fraction of sp³-hybridized carbons (Fsp3) is 0.538. The fourth-order valence-electron chi connectivity index (χ4n) is 1.13. The predicted octanol–water partition coefficient (Wildman–Crippen LogP) is 4.68. The van der Waals surface area contributed by atoms with Crippen LogP contribution in [-0.2, 0) is 11.0 Å². The van der Waals surface area contributed by atoms with Crippen molar-refractivity contribution in [1.82, 2.24) is 0 Å². The summed E-state index contributed by atoms with van der Waals surface area (Å²) in [5, 5.41) is 9.81. The molecule has 1 aromatic carbocycles. The monoisotopic (exact) mass is 316 g/mol. The fourth-order valence-corrected chi connectivity index (χ4v) is 2.34. The molecule has 0 fully saturated rings. The van der Waals surface area contributed by atoms with Crippen LogP contribution in [0.4, 0.5) is 0 Å². The number of rotatable bonds is 3. The minimum atomic E-state index is -1.71. The van der Waals surface area contributed by atoms with E-state index in [1.807, 2.05) is 12.1 Å². The molecule has 0 atom stereocenters. The summed E-state index contributed by atoms with van der Waals surface area (Å²) in [4.78, 5) is 0. The molecule has 0 radical (unpaired) electrons. The summed E-state index contributed by atoms with van der Waals surface area (Å²) in [5.74, 6) is 0.265. The predicted molar refractivity (Wildman–Crippen MR) is 77.8 cm³/mol. The van der Waals surface area contributed by atoms with E-state index in [1.54, 1.807) is 6.07 Å². The van der Waals surface area contributed by atoms with Gasteiger partial charge in [0, 0.05) is 0 Å². The maximum absolute atomic E-state index is 9.60. The molecular formula is C13H21BrO2Si. The highest BCUT2D eigenvalue weighted by molar-refractivity contribution is 9.10. The molecule has 0 unspecified atom stereocenters. The summed E-state index contributed by atoms with van der Waals surface area (Å²) in [6.07, 6.45) is 0. The lowest BCUT2D eigenvalue weighted by molar-refractivity contribution is 0.276. The van der Waals surface area contributed by atoms with Crippen LogP contribution in [0.15, 0.2) is 22.7 Å². The van der Waals surface area contributed by atoms with Gasteiger partial charge in [0.05, 0.1) is 11.1 Å². The van der Waals surface area contributed by atoms with E-state index < -0.39 is 8.32 Å². The smallest absolute Gasteiger partial charge is 0.192 e. The highest BCUT2D eigenvalue weighted by atomic mass is 79.9. The van der Waals surface area contributed by atoms with Crippen LogP contribution >= 0.6 is 15.9 Å². The Morgan fingerprint density at radius 2 is 1.88 bits per heavy atom. The van der Waals surface area contributed by atoms with E-state index >= 15 is 0 Å². The molecular weight excluding hydrogens is 296 g/mol. The second-order valence-corrected chi connectivity index (χ2v) is 11.5. The minimum Gasteiger partial charge on any atom is -0.507 e. The van der Waals surface area contributed by atoms with Crippen molar-refractivity contribution in [2.24, 2.45) is 0 Å². The average Bonchev–Trinajstić information content (AvgIpc) is 2.18. The van der Waals surface area contributed by atoms with Gasteiger partial charge in [-0.3, -0.25) is 0 Å². The van der Waals surface area contributed by atoms with E-state index in [-0.39, 0.29) is 10.8 Å². The Morgan fingerprint density at radius 1 is 1.29 bits per heavy atom. The zero-order valence-electron chi connectivity index (χ0n) is 11.2. The van der Waals surface area contributed by atoms with Gasteiger partial charge >= 0.3 is 0 Å². The number of halogens is 1. The Hall–Kier alpha value is -0.323. The van der Waals surface area contributed by atoms with Crippen molar-refractivity contribution in [3.05, 3.63) is 28.2 Å². The maximum Gasteiger partial charge on any atom is 0.192 e. The van der Waals surface area contributed by atoms with Gasteiger partial charge < -0.3 is 9.53 Å². The number of phenols is 1. The number of phenolic OH excluding ortho intramolecular Hbond substituents is 1. The van der Waals surface area contributed by atoms with Crippen molar-refractivity contribution >= 4 is 24.2 Å². The van der Waals surface area contributed by atoms with Crippen LogP contribution in [0.2, 0.25) is 18.1 Å². The quantitative estimate of drug-likeness (QED) is 0.821. The van der Waals surface area contributed by atoms with E-state index in [2.05, 4.69) is 49.8 Å². The van der Waals surface area contributed by atoms with Gasteiger partial charge in [0.25, 0.3) is 0 Å². The van der Waals surface area contributed by atoms with E-state index in [0.717, 1.165) is 5.56 Å². The van der Waals surface area contributed by atoms with Gasteiger partial charge in [0.15, 0.2) is 8.32 Å². The zero-order chi connectivity index (χ0) is 13.3. The third-order valence-electron chi connectivity index (χ3n) is 3.42. The first kappa shape index (κ1) is 14.7. The largest absolute Gasteiger partial charge is 0.507 e. The van der Waals surface area contributed by atoms with Crippen molar-refractivity contribution in [2.45, 2.75) is 45.5 Å². The molecule has 0 amide bonds. The molecule has 0 bridgehead atoms. The standard InChI is InChI=1S/C13H21BrO2Si/c1-13(2,3)17(4,5)16-9-10-6-7-11(14)12(15)8-10/h6-8,15H,9H2,1-5H3. The highest BCUT2D eigenvalue weighted by Gasteiger charge is 2.36. The Labute approximate surface area is 113 Å². The van der Waals surface area contributed by atoms with Crippen LogP contribution in [0, 0.1) is 0 Å². The molecule has 0 spiro atoms. The van der Waals surface area contributed by atoms with Gasteiger partial charge in [0.1, 0.15) is 5.75 Å². The molecule has 0 saturated carbocycles. The maximum atomic E-state index is 9.60. The van der Waals surface area contributed by atoms with Gasteiger partial charge in [0.2, 0.25) is 0 Å². The van der Waals surface area contributed by atoms with Crippen LogP contribution in [-0.4, -0.2) is 13.4 Å². The topological polar surface area (TPSA) is 29.5 Å². The van der Waals surface area contributed by atoms with Crippen molar-refractivity contribution in [3.63, 3.8) is 0 Å². The molecule has 17 heavy (non-hydrogen) atoms.